The summed E-state index contributed by atoms with van der Waals surface area (Å²) >= 11 is 0. The van der Waals surface area contributed by atoms with E-state index in [9.17, 15) is 0 Å². The van der Waals surface area contributed by atoms with Crippen molar-refractivity contribution in [3.05, 3.63) is 35.4 Å². The van der Waals surface area contributed by atoms with Crippen molar-refractivity contribution in [2.45, 2.75) is 13.1 Å². The molecule has 0 bridgehead atoms. The predicted octanol–water partition coefficient (Wildman–Crippen LogP) is 2.62. The first-order chi connectivity index (χ1) is 14.6. The van der Waals surface area contributed by atoms with Gasteiger partial charge in [-0.2, -0.15) is 0 Å². The molecule has 0 aromatic heterocycles. The lowest BCUT2D eigenvalue weighted by Gasteiger charge is -2.17. The van der Waals surface area contributed by atoms with Gasteiger partial charge in [-0.1, -0.05) is 0 Å². The van der Waals surface area contributed by atoms with Crippen LogP contribution >= 0.6 is 0 Å². The Morgan fingerprint density at radius 1 is 0.500 bits per heavy atom. The van der Waals surface area contributed by atoms with E-state index in [2.05, 4.69) is 10.6 Å². The lowest BCUT2D eigenvalue weighted by Crippen LogP contribution is -2.27. The minimum absolute atomic E-state index is 0.604. The number of methoxy groups -OCH3 is 6. The third-order valence-corrected chi connectivity index (χ3v) is 4.72. The van der Waals surface area contributed by atoms with Crippen LogP contribution in [0.4, 0.5) is 0 Å². The van der Waals surface area contributed by atoms with Gasteiger partial charge in [-0.05, 0) is 0 Å². The molecule has 0 radical (unpaired) electrons. The molecule has 166 valence electrons. The highest BCUT2D eigenvalue weighted by Crippen LogP contribution is 2.34. The summed E-state index contributed by atoms with van der Waals surface area (Å²) < 4.78 is 32.5. The van der Waals surface area contributed by atoms with Gasteiger partial charge in [0.2, 0.25) is 0 Å². The van der Waals surface area contributed by atoms with E-state index in [-0.39, 0.29) is 0 Å². The van der Waals surface area contributed by atoms with E-state index in [1.54, 1.807) is 42.7 Å². The molecule has 0 saturated heterocycles. The van der Waals surface area contributed by atoms with Gasteiger partial charge in [0, 0.05) is 50.4 Å². The van der Waals surface area contributed by atoms with Gasteiger partial charge in [0.25, 0.3) is 0 Å². The molecule has 0 fully saturated rings. The summed E-state index contributed by atoms with van der Waals surface area (Å²) in [4.78, 5) is 0. The fourth-order valence-electron chi connectivity index (χ4n) is 3.11. The first-order valence-corrected chi connectivity index (χ1v) is 9.60. The van der Waals surface area contributed by atoms with Gasteiger partial charge in [-0.15, -0.1) is 0 Å². The SMILES string of the molecule is COc1cc(OC)c(CNCCNCc2c(OC)cc(OC)cc2OC)c(OC)c1. The highest BCUT2D eigenvalue weighted by Gasteiger charge is 2.14. The highest BCUT2D eigenvalue weighted by atomic mass is 16.5. The molecule has 2 aromatic rings. The van der Waals surface area contributed by atoms with Crippen LogP contribution in [0.5, 0.6) is 34.5 Å². The van der Waals surface area contributed by atoms with E-state index in [4.69, 9.17) is 28.4 Å². The van der Waals surface area contributed by atoms with Crippen LogP contribution < -0.4 is 39.1 Å². The van der Waals surface area contributed by atoms with Crippen molar-refractivity contribution in [3.63, 3.8) is 0 Å². The predicted molar refractivity (Wildman–Crippen MR) is 116 cm³/mol. The van der Waals surface area contributed by atoms with Crippen LogP contribution in [0, 0.1) is 0 Å². The number of hydrogen-bond acceptors (Lipinski definition) is 8. The molecule has 0 unspecified atom stereocenters. The molecular weight excluding hydrogens is 388 g/mol. The molecule has 0 aliphatic rings. The topological polar surface area (TPSA) is 79.4 Å². The zero-order valence-corrected chi connectivity index (χ0v) is 18.6. The fourth-order valence-corrected chi connectivity index (χ4v) is 3.11. The lowest BCUT2D eigenvalue weighted by molar-refractivity contribution is 0.365. The smallest absolute Gasteiger partial charge is 0.130 e. The third-order valence-electron chi connectivity index (χ3n) is 4.72. The summed E-state index contributed by atoms with van der Waals surface area (Å²) in [5, 5.41) is 6.81. The van der Waals surface area contributed by atoms with E-state index < -0.39 is 0 Å². The number of hydrogen-bond donors (Lipinski definition) is 2. The van der Waals surface area contributed by atoms with Gasteiger partial charge >= 0.3 is 0 Å². The normalized spacial score (nSPS) is 10.5. The van der Waals surface area contributed by atoms with Gasteiger partial charge in [0.1, 0.15) is 34.5 Å². The van der Waals surface area contributed by atoms with Crippen LogP contribution in [0.25, 0.3) is 0 Å². The maximum absolute atomic E-state index is 5.48. The van der Waals surface area contributed by atoms with Crippen LogP contribution in [0.2, 0.25) is 0 Å². The lowest BCUT2D eigenvalue weighted by atomic mass is 10.1. The molecule has 2 N–H and O–H groups in total. The van der Waals surface area contributed by atoms with E-state index in [1.807, 2.05) is 24.3 Å². The van der Waals surface area contributed by atoms with Crippen molar-refractivity contribution in [3.8, 4) is 34.5 Å². The molecule has 2 aromatic carbocycles. The van der Waals surface area contributed by atoms with Crippen LogP contribution in [0.3, 0.4) is 0 Å². The second-order valence-corrected chi connectivity index (χ2v) is 6.37. The van der Waals surface area contributed by atoms with Crippen LogP contribution in [0.15, 0.2) is 24.3 Å². The van der Waals surface area contributed by atoms with Crippen molar-refractivity contribution in [1.82, 2.24) is 10.6 Å². The third kappa shape index (κ3) is 5.84. The Balaban J connectivity index is 1.92. The first-order valence-electron chi connectivity index (χ1n) is 9.60. The monoisotopic (exact) mass is 420 g/mol. The van der Waals surface area contributed by atoms with Crippen LogP contribution in [0.1, 0.15) is 11.1 Å². The zero-order chi connectivity index (χ0) is 21.9. The highest BCUT2D eigenvalue weighted by molar-refractivity contribution is 5.51. The first kappa shape index (κ1) is 23.4. The molecule has 2 rings (SSSR count). The minimum atomic E-state index is 0.604. The zero-order valence-electron chi connectivity index (χ0n) is 18.6. The van der Waals surface area contributed by atoms with Crippen LogP contribution in [-0.2, 0) is 13.1 Å². The molecule has 0 heterocycles. The molecule has 8 nitrogen and oxygen atoms in total. The summed E-state index contributed by atoms with van der Waals surface area (Å²) in [6.07, 6.45) is 0. The molecule has 0 aliphatic carbocycles. The minimum Gasteiger partial charge on any atom is -0.496 e. The molecule has 8 heteroatoms. The van der Waals surface area contributed by atoms with Crippen molar-refractivity contribution in [2.75, 3.05) is 55.7 Å². The molecule has 30 heavy (non-hydrogen) atoms. The van der Waals surface area contributed by atoms with E-state index in [1.165, 1.54) is 0 Å². The summed E-state index contributed by atoms with van der Waals surface area (Å²) in [6, 6.07) is 7.39. The van der Waals surface area contributed by atoms with Gasteiger partial charge in [-0.25, -0.2) is 0 Å². The molecule has 0 spiro atoms. The van der Waals surface area contributed by atoms with E-state index in [0.29, 0.717) is 24.6 Å². The largest absolute Gasteiger partial charge is 0.496 e. The van der Waals surface area contributed by atoms with Gasteiger partial charge in [-0.3, -0.25) is 0 Å². The van der Waals surface area contributed by atoms with Gasteiger partial charge < -0.3 is 39.1 Å². The Hall–Kier alpha value is -2.84. The van der Waals surface area contributed by atoms with Gasteiger partial charge in [0.05, 0.1) is 53.8 Å². The van der Waals surface area contributed by atoms with Crippen molar-refractivity contribution in [1.29, 1.82) is 0 Å². The number of rotatable bonds is 13. The van der Waals surface area contributed by atoms with Crippen molar-refractivity contribution >= 4 is 0 Å². The number of benzene rings is 2. The molecule has 0 amide bonds. The van der Waals surface area contributed by atoms with E-state index >= 15 is 0 Å². The average Bonchev–Trinajstić information content (AvgIpc) is 2.80. The summed E-state index contributed by atoms with van der Waals surface area (Å²) in [5.74, 6) is 4.27. The summed E-state index contributed by atoms with van der Waals surface area (Å²) in [6.45, 7) is 2.71. The maximum atomic E-state index is 5.48. The summed E-state index contributed by atoms with van der Waals surface area (Å²) in [5.41, 5.74) is 1.89. The fraction of sp³-hybridized carbons (Fsp3) is 0.455. The maximum Gasteiger partial charge on any atom is 0.130 e. The van der Waals surface area contributed by atoms with E-state index in [0.717, 1.165) is 47.2 Å². The van der Waals surface area contributed by atoms with Crippen molar-refractivity contribution in [2.24, 2.45) is 0 Å². The Labute approximate surface area is 178 Å². The average molecular weight is 421 g/mol. The molecule has 0 saturated carbocycles. The second-order valence-electron chi connectivity index (χ2n) is 6.37. The molecule has 0 aliphatic heterocycles. The second kappa shape index (κ2) is 12.0. The quantitative estimate of drug-likeness (QED) is 0.479. The Morgan fingerprint density at radius 2 is 0.800 bits per heavy atom. The Kier molecular flexibility index (Phi) is 9.37. The van der Waals surface area contributed by atoms with Gasteiger partial charge in [0.15, 0.2) is 0 Å². The molecule has 0 atom stereocenters. The number of ether oxygens (including phenoxy) is 6. The van der Waals surface area contributed by atoms with Crippen LogP contribution in [-0.4, -0.2) is 55.7 Å². The Bertz CT molecular complexity index is 695. The van der Waals surface area contributed by atoms with Crippen molar-refractivity contribution < 1.29 is 28.4 Å². The standard InChI is InChI=1S/C22H32N2O6/c1-25-15-9-19(27-3)17(20(10-15)28-4)13-23-7-8-24-14-18-21(29-5)11-16(26-2)12-22(18)30-6/h9-12,23-24H,7-8,13-14H2,1-6H3. The number of nitrogens with one attached hydrogen (secondary N) is 2. The molecular formula is C22H32N2O6. The Morgan fingerprint density at radius 3 is 1.03 bits per heavy atom. The summed E-state index contributed by atoms with van der Waals surface area (Å²) in [7, 11) is 9.77.